The molecule has 0 saturated carbocycles. The number of nitrogens with zero attached hydrogens (tertiary/aromatic N) is 2. The van der Waals surface area contributed by atoms with Gasteiger partial charge in [-0.2, -0.15) is 0 Å². The number of amidine groups is 2. The van der Waals surface area contributed by atoms with E-state index in [4.69, 9.17) is 11.1 Å². The third-order valence-electron chi connectivity index (χ3n) is 5.28. The van der Waals surface area contributed by atoms with Gasteiger partial charge in [-0.1, -0.05) is 78.9 Å². The van der Waals surface area contributed by atoms with E-state index in [1.165, 1.54) is 10.8 Å². The Hall–Kier alpha value is -4.18. The van der Waals surface area contributed by atoms with Crippen LogP contribution in [-0.2, 0) is 0 Å². The van der Waals surface area contributed by atoms with Crippen LogP contribution in [0.2, 0.25) is 0 Å². The highest BCUT2D eigenvalue weighted by Crippen LogP contribution is 2.32. The molecular formula is C26H20N4. The second-order valence-corrected chi connectivity index (χ2v) is 7.10. The van der Waals surface area contributed by atoms with E-state index >= 15 is 0 Å². The summed E-state index contributed by atoms with van der Waals surface area (Å²) in [5, 5.41) is 10.7. The SMILES string of the molecule is N=C(N=C(N)c1ccccc1-n1c2ccccc2c2ccccc21)c1ccccc1. The minimum atomic E-state index is 0.144. The van der Waals surface area contributed by atoms with Crippen molar-refractivity contribution in [1.82, 2.24) is 4.57 Å². The summed E-state index contributed by atoms with van der Waals surface area (Å²) in [7, 11) is 0. The van der Waals surface area contributed by atoms with Crippen molar-refractivity contribution in [2.75, 3.05) is 0 Å². The summed E-state index contributed by atoms with van der Waals surface area (Å²) in [4.78, 5) is 4.41. The number of para-hydroxylation sites is 3. The zero-order valence-corrected chi connectivity index (χ0v) is 16.3. The molecule has 144 valence electrons. The van der Waals surface area contributed by atoms with Crippen LogP contribution in [-0.4, -0.2) is 16.2 Å². The summed E-state index contributed by atoms with van der Waals surface area (Å²) in [5.41, 5.74) is 11.1. The van der Waals surface area contributed by atoms with Crippen molar-refractivity contribution in [3.8, 4) is 5.69 Å². The molecule has 30 heavy (non-hydrogen) atoms. The van der Waals surface area contributed by atoms with Gasteiger partial charge >= 0.3 is 0 Å². The van der Waals surface area contributed by atoms with Crippen LogP contribution in [0, 0.1) is 5.41 Å². The van der Waals surface area contributed by atoms with Gasteiger partial charge in [0.1, 0.15) is 5.84 Å². The Morgan fingerprint density at radius 1 is 0.667 bits per heavy atom. The molecule has 5 rings (SSSR count). The monoisotopic (exact) mass is 388 g/mol. The highest BCUT2D eigenvalue weighted by Gasteiger charge is 2.15. The van der Waals surface area contributed by atoms with Gasteiger partial charge in [-0.3, -0.25) is 5.41 Å². The summed E-state index contributed by atoms with van der Waals surface area (Å²) in [6.45, 7) is 0. The molecule has 0 aliphatic carbocycles. The van der Waals surface area contributed by atoms with E-state index in [0.29, 0.717) is 5.84 Å². The van der Waals surface area contributed by atoms with Crippen molar-refractivity contribution in [1.29, 1.82) is 5.41 Å². The number of fused-ring (bicyclic) bond motifs is 3. The number of aromatic nitrogens is 1. The van der Waals surface area contributed by atoms with E-state index in [0.717, 1.165) is 27.8 Å². The first-order chi connectivity index (χ1) is 14.7. The zero-order chi connectivity index (χ0) is 20.5. The van der Waals surface area contributed by atoms with Crippen molar-refractivity contribution in [2.24, 2.45) is 10.7 Å². The lowest BCUT2D eigenvalue weighted by Gasteiger charge is -2.13. The molecule has 0 fully saturated rings. The third kappa shape index (κ3) is 2.95. The standard InChI is InChI=1S/C26H20N4/c27-25(18-10-2-1-3-11-18)29-26(28)21-14-6-9-17-24(21)30-22-15-7-4-12-19(22)20-13-5-8-16-23(20)30/h1-17H,(H3,27,28,29). The van der Waals surface area contributed by atoms with Gasteiger partial charge in [0.05, 0.1) is 16.7 Å². The number of nitrogens with two attached hydrogens (primary N) is 1. The summed E-state index contributed by atoms with van der Waals surface area (Å²) in [5.74, 6) is 0.464. The second kappa shape index (κ2) is 7.33. The Labute approximate surface area is 174 Å². The second-order valence-electron chi connectivity index (χ2n) is 7.10. The number of rotatable bonds is 3. The van der Waals surface area contributed by atoms with Crippen LogP contribution in [0.25, 0.3) is 27.5 Å². The maximum Gasteiger partial charge on any atom is 0.154 e. The Bertz CT molecular complexity index is 1360. The van der Waals surface area contributed by atoms with Crippen LogP contribution < -0.4 is 5.73 Å². The normalized spacial score (nSPS) is 11.8. The average molecular weight is 388 g/mol. The molecule has 0 spiro atoms. The number of hydrogen-bond donors (Lipinski definition) is 2. The smallest absolute Gasteiger partial charge is 0.154 e. The number of benzene rings is 4. The molecule has 1 aromatic heterocycles. The Kier molecular flexibility index (Phi) is 4.37. The summed E-state index contributed by atoms with van der Waals surface area (Å²) in [6.07, 6.45) is 0. The van der Waals surface area contributed by atoms with Crippen molar-refractivity contribution in [3.05, 3.63) is 114 Å². The van der Waals surface area contributed by atoms with Crippen LogP contribution >= 0.6 is 0 Å². The van der Waals surface area contributed by atoms with E-state index in [-0.39, 0.29) is 5.84 Å². The van der Waals surface area contributed by atoms with Gasteiger partial charge in [0, 0.05) is 21.9 Å². The minimum absolute atomic E-state index is 0.144. The maximum absolute atomic E-state index is 8.34. The Morgan fingerprint density at radius 2 is 1.20 bits per heavy atom. The lowest BCUT2D eigenvalue weighted by molar-refractivity contribution is 1.17. The fraction of sp³-hybridized carbons (Fsp3) is 0. The molecule has 0 saturated heterocycles. The topological polar surface area (TPSA) is 67.2 Å². The van der Waals surface area contributed by atoms with Gasteiger partial charge in [0.15, 0.2) is 5.84 Å². The lowest BCUT2D eigenvalue weighted by Crippen LogP contribution is -2.18. The Morgan fingerprint density at radius 3 is 1.87 bits per heavy atom. The van der Waals surface area contributed by atoms with Gasteiger partial charge in [-0.15, -0.1) is 0 Å². The highest BCUT2D eigenvalue weighted by atomic mass is 15.0. The number of hydrogen-bond acceptors (Lipinski definition) is 1. The van der Waals surface area contributed by atoms with E-state index in [2.05, 4.69) is 46.0 Å². The van der Waals surface area contributed by atoms with Gasteiger partial charge < -0.3 is 10.3 Å². The van der Waals surface area contributed by atoms with Gasteiger partial charge in [0.25, 0.3) is 0 Å². The molecule has 5 aromatic rings. The first-order valence-corrected chi connectivity index (χ1v) is 9.80. The van der Waals surface area contributed by atoms with Gasteiger partial charge in [-0.05, 0) is 24.3 Å². The molecule has 0 bridgehead atoms. The van der Waals surface area contributed by atoms with Crippen molar-refractivity contribution < 1.29 is 0 Å². The van der Waals surface area contributed by atoms with E-state index in [9.17, 15) is 0 Å². The number of aliphatic imine (C=N–C) groups is 1. The molecule has 3 N–H and O–H groups in total. The zero-order valence-electron chi connectivity index (χ0n) is 16.3. The predicted octanol–water partition coefficient (Wildman–Crippen LogP) is 5.51. The summed E-state index contributed by atoms with van der Waals surface area (Å²) >= 11 is 0. The molecule has 1 heterocycles. The van der Waals surface area contributed by atoms with E-state index in [1.807, 2.05) is 66.7 Å². The van der Waals surface area contributed by atoms with Crippen LogP contribution in [0.3, 0.4) is 0 Å². The average Bonchev–Trinajstić information content (AvgIpc) is 3.14. The van der Waals surface area contributed by atoms with E-state index in [1.54, 1.807) is 0 Å². The predicted molar refractivity (Wildman–Crippen MR) is 125 cm³/mol. The van der Waals surface area contributed by atoms with Crippen LogP contribution in [0.1, 0.15) is 11.1 Å². The first-order valence-electron chi connectivity index (χ1n) is 9.80. The fourth-order valence-electron chi connectivity index (χ4n) is 3.91. The minimum Gasteiger partial charge on any atom is -0.383 e. The van der Waals surface area contributed by atoms with Gasteiger partial charge in [0.2, 0.25) is 0 Å². The van der Waals surface area contributed by atoms with Crippen LogP contribution in [0.5, 0.6) is 0 Å². The molecule has 0 unspecified atom stereocenters. The molecule has 0 aliphatic heterocycles. The molecular weight excluding hydrogens is 368 g/mol. The maximum atomic E-state index is 8.34. The van der Waals surface area contributed by atoms with Gasteiger partial charge in [-0.25, -0.2) is 4.99 Å². The quantitative estimate of drug-likeness (QED) is 0.310. The molecule has 4 aromatic carbocycles. The summed E-state index contributed by atoms with van der Waals surface area (Å²) < 4.78 is 2.22. The molecule has 4 heteroatoms. The first kappa shape index (κ1) is 17.9. The van der Waals surface area contributed by atoms with E-state index < -0.39 is 0 Å². The number of nitrogens with one attached hydrogen (secondary N) is 1. The molecule has 0 aliphatic rings. The molecule has 0 atom stereocenters. The van der Waals surface area contributed by atoms with Crippen molar-refractivity contribution >= 4 is 33.5 Å². The van der Waals surface area contributed by atoms with Crippen molar-refractivity contribution in [2.45, 2.75) is 0 Å². The highest BCUT2D eigenvalue weighted by molar-refractivity contribution is 6.13. The molecule has 0 radical (unpaired) electrons. The molecule has 0 amide bonds. The largest absolute Gasteiger partial charge is 0.383 e. The fourth-order valence-corrected chi connectivity index (χ4v) is 3.91. The van der Waals surface area contributed by atoms with Crippen LogP contribution in [0.4, 0.5) is 0 Å². The third-order valence-corrected chi connectivity index (χ3v) is 5.28. The lowest BCUT2D eigenvalue weighted by atomic mass is 10.1. The van der Waals surface area contributed by atoms with Crippen LogP contribution in [0.15, 0.2) is 108 Å². The summed E-state index contributed by atoms with van der Waals surface area (Å²) in [6, 6.07) is 34.1. The Balaban J connectivity index is 1.72. The molecule has 4 nitrogen and oxygen atoms in total. The van der Waals surface area contributed by atoms with Crippen molar-refractivity contribution in [3.63, 3.8) is 0 Å².